The van der Waals surface area contributed by atoms with E-state index in [1.807, 2.05) is 27.0 Å². The summed E-state index contributed by atoms with van der Waals surface area (Å²) < 4.78 is 49.3. The van der Waals surface area contributed by atoms with Crippen molar-refractivity contribution in [1.29, 1.82) is 0 Å². The number of benzene rings is 1. The van der Waals surface area contributed by atoms with Gasteiger partial charge < -0.3 is 19.1 Å². The number of carbonyl (C=O) groups excluding carboxylic acids is 1. The van der Waals surface area contributed by atoms with Crippen molar-refractivity contribution in [2.75, 3.05) is 77.6 Å². The number of carbonyl (C=O) groups is 1. The first-order valence-corrected chi connectivity index (χ1v) is 21.7. The summed E-state index contributed by atoms with van der Waals surface area (Å²) in [5.74, 6) is 0.376. The lowest BCUT2D eigenvalue weighted by atomic mass is 9.63. The van der Waals surface area contributed by atoms with Gasteiger partial charge in [-0.3, -0.25) is 14.6 Å². The second-order valence-electron chi connectivity index (χ2n) is 16.8. The fraction of sp³-hybridized carbons (Fsp3) is 0.683. The van der Waals surface area contributed by atoms with Crippen LogP contribution in [0.5, 0.6) is 5.75 Å². The van der Waals surface area contributed by atoms with E-state index in [1.54, 1.807) is 18.2 Å². The predicted octanol–water partition coefficient (Wildman–Crippen LogP) is 5.84. The summed E-state index contributed by atoms with van der Waals surface area (Å²) in [5.41, 5.74) is -0.0190. The number of halogens is 1. The van der Waals surface area contributed by atoms with Gasteiger partial charge in [0.25, 0.3) is 10.0 Å². The van der Waals surface area contributed by atoms with Crippen LogP contribution in [0, 0.1) is 35.0 Å². The molecule has 1 aromatic rings. The highest BCUT2D eigenvalue weighted by atomic mass is 35.5. The van der Waals surface area contributed by atoms with E-state index in [-0.39, 0.29) is 28.1 Å². The van der Waals surface area contributed by atoms with Gasteiger partial charge in [-0.25, -0.2) is 13.1 Å². The van der Waals surface area contributed by atoms with Gasteiger partial charge in [0.1, 0.15) is 11.4 Å². The Labute approximate surface area is 321 Å². The fourth-order valence-electron chi connectivity index (χ4n) is 9.47. The molecule has 292 valence electrons. The van der Waals surface area contributed by atoms with Gasteiger partial charge in [0, 0.05) is 75.3 Å². The van der Waals surface area contributed by atoms with Crippen molar-refractivity contribution >= 4 is 33.2 Å². The van der Waals surface area contributed by atoms with Gasteiger partial charge in [0.2, 0.25) is 5.91 Å². The lowest BCUT2D eigenvalue weighted by molar-refractivity contribution is -0.124. The predicted molar refractivity (Wildman–Crippen MR) is 209 cm³/mol. The van der Waals surface area contributed by atoms with Crippen LogP contribution in [-0.4, -0.2) is 109 Å². The maximum absolute atomic E-state index is 13.8. The van der Waals surface area contributed by atoms with Gasteiger partial charge in [-0.05, 0) is 80.1 Å². The van der Waals surface area contributed by atoms with E-state index in [4.69, 9.17) is 25.8 Å². The van der Waals surface area contributed by atoms with Gasteiger partial charge in [0.15, 0.2) is 0 Å². The van der Waals surface area contributed by atoms with Crippen LogP contribution in [0.1, 0.15) is 59.3 Å². The lowest BCUT2D eigenvalue weighted by Gasteiger charge is -2.53. The molecule has 2 bridgehead atoms. The second kappa shape index (κ2) is 16.0. The lowest BCUT2D eigenvalue weighted by Crippen LogP contribution is -2.62. The standard InChI is InChI=1S/C41H59ClN4O6S/c1-29-8-7-15-41(50-4,27-44-18-19-45-20-21-51-26-34(45)25-44)36-12-10-31(36)24-46-17-6-5-9-32-22-33(42)14-16-40(32,3)28-52-38-13-11-35(23-37(38)46)53(48,49)43-39(47)30(29)2/h7,11,13-16,22-23,29-32,34,36H,5-6,8-10,12,17-21,24-28H2,1-4H3,(H,43,47)/b15-7+/t29-,30+,31-,32?,34?,36+,40?,41+/m0/s1. The third kappa shape index (κ3) is 8.26. The first-order chi connectivity index (χ1) is 25.4. The van der Waals surface area contributed by atoms with Gasteiger partial charge in [-0.2, -0.15) is 0 Å². The highest BCUT2D eigenvalue weighted by molar-refractivity contribution is 7.90. The summed E-state index contributed by atoms with van der Waals surface area (Å²) in [7, 11) is -2.27. The number of fused-ring (bicyclic) bond motifs is 4. The Morgan fingerprint density at radius 1 is 1.06 bits per heavy atom. The molecule has 10 nitrogen and oxygen atoms in total. The number of morpholine rings is 1. The summed E-state index contributed by atoms with van der Waals surface area (Å²) in [5, 5.41) is 0.759. The molecule has 0 radical (unpaired) electrons. The van der Waals surface area contributed by atoms with Crippen LogP contribution >= 0.6 is 11.6 Å². The number of nitrogens with zero attached hydrogens (tertiary/aromatic N) is 3. The first-order valence-electron chi connectivity index (χ1n) is 19.8. The summed E-state index contributed by atoms with van der Waals surface area (Å²) >= 11 is 6.50. The largest absolute Gasteiger partial charge is 0.490 e. The Hall–Kier alpha value is -2.41. The molecule has 8 atom stereocenters. The van der Waals surface area contributed by atoms with E-state index in [2.05, 4.69) is 50.6 Å². The third-order valence-electron chi connectivity index (χ3n) is 13.4. The molecule has 2 saturated heterocycles. The number of hydrogen-bond donors (Lipinski definition) is 1. The number of nitrogens with one attached hydrogen (secondary N) is 1. The van der Waals surface area contributed by atoms with E-state index in [0.717, 1.165) is 102 Å². The zero-order valence-corrected chi connectivity index (χ0v) is 33.5. The molecule has 1 aromatic carbocycles. The molecule has 2 aliphatic carbocycles. The number of piperazine rings is 1. The number of sulfonamides is 1. The Bertz CT molecular complexity index is 1700. The minimum Gasteiger partial charge on any atom is -0.490 e. The van der Waals surface area contributed by atoms with E-state index in [9.17, 15) is 13.2 Å². The first kappa shape index (κ1) is 38.8. The molecule has 4 heterocycles. The molecule has 3 unspecified atom stereocenters. The number of rotatable bonds is 3. The van der Waals surface area contributed by atoms with E-state index < -0.39 is 27.4 Å². The minimum absolute atomic E-state index is 0.0681. The van der Waals surface area contributed by atoms with Crippen molar-refractivity contribution in [3.05, 3.63) is 53.6 Å². The Balaban J connectivity index is 1.25. The number of anilines is 1. The molecule has 53 heavy (non-hydrogen) atoms. The average Bonchev–Trinajstić information content (AvgIpc) is 3.15. The zero-order chi connectivity index (χ0) is 37.4. The van der Waals surface area contributed by atoms with Gasteiger partial charge in [-0.15, -0.1) is 0 Å². The quantitative estimate of drug-likeness (QED) is 0.381. The van der Waals surface area contributed by atoms with Crippen LogP contribution < -0.4 is 14.4 Å². The summed E-state index contributed by atoms with van der Waals surface area (Å²) in [6.07, 6.45) is 16.4. The molecular weight excluding hydrogens is 712 g/mol. The van der Waals surface area contributed by atoms with Crippen LogP contribution in [0.4, 0.5) is 5.69 Å². The second-order valence-corrected chi connectivity index (χ2v) is 19.0. The monoisotopic (exact) mass is 770 g/mol. The summed E-state index contributed by atoms with van der Waals surface area (Å²) in [4.78, 5) is 21.0. The average molecular weight is 771 g/mol. The number of allylic oxidation sites excluding steroid dienone is 4. The maximum atomic E-state index is 13.8. The highest BCUT2D eigenvalue weighted by Crippen LogP contribution is 2.48. The third-order valence-corrected chi connectivity index (χ3v) is 15.0. The number of amides is 1. The molecule has 3 fully saturated rings. The number of hydrogen-bond acceptors (Lipinski definition) is 9. The van der Waals surface area contributed by atoms with E-state index >= 15 is 0 Å². The molecule has 7 rings (SSSR count). The van der Waals surface area contributed by atoms with Gasteiger partial charge >= 0.3 is 0 Å². The number of methoxy groups -OCH3 is 1. The molecule has 1 amide bonds. The smallest absolute Gasteiger partial charge is 0.264 e. The van der Waals surface area contributed by atoms with E-state index in [1.165, 1.54) is 0 Å². The molecule has 1 N–H and O–H groups in total. The van der Waals surface area contributed by atoms with Gasteiger partial charge in [-0.1, -0.05) is 63.1 Å². The molecule has 4 aliphatic heterocycles. The van der Waals surface area contributed by atoms with Gasteiger partial charge in [0.05, 0.1) is 30.4 Å². The Kier molecular flexibility index (Phi) is 11.7. The minimum atomic E-state index is -4.13. The summed E-state index contributed by atoms with van der Waals surface area (Å²) in [6, 6.07) is 5.46. The van der Waals surface area contributed by atoms with Crippen molar-refractivity contribution in [3.8, 4) is 5.75 Å². The molecule has 12 heteroatoms. The van der Waals surface area contributed by atoms with Crippen LogP contribution in [0.15, 0.2) is 58.5 Å². The van der Waals surface area contributed by atoms with Crippen LogP contribution in [0.25, 0.3) is 0 Å². The molecule has 0 aromatic heterocycles. The molecule has 0 spiro atoms. The maximum Gasteiger partial charge on any atom is 0.264 e. The number of ether oxygens (including phenoxy) is 3. The molecule has 1 saturated carbocycles. The van der Waals surface area contributed by atoms with Crippen molar-refractivity contribution in [3.63, 3.8) is 0 Å². The SMILES string of the molecule is CO[C@@]1(CN2CCN3CCOCC3C2)/C=C/C[C@H](C)[C@@H](C)C(=O)NS(=O)(=O)c2ccc3c(c2)N(CCCCC2C=C(Cl)C=CC2(C)CO3)C[C@@H]2CC[C@H]21. The van der Waals surface area contributed by atoms with Crippen LogP contribution in [-0.2, 0) is 24.3 Å². The van der Waals surface area contributed by atoms with Crippen molar-refractivity contribution < 1.29 is 27.4 Å². The highest BCUT2D eigenvalue weighted by Gasteiger charge is 2.49. The van der Waals surface area contributed by atoms with E-state index in [0.29, 0.717) is 30.7 Å². The van der Waals surface area contributed by atoms with Crippen LogP contribution in [0.3, 0.4) is 0 Å². The fourth-order valence-corrected chi connectivity index (χ4v) is 10.8. The zero-order valence-electron chi connectivity index (χ0n) is 32.0. The van der Waals surface area contributed by atoms with Crippen molar-refractivity contribution in [2.45, 2.75) is 75.8 Å². The summed E-state index contributed by atoms with van der Waals surface area (Å²) in [6.45, 7) is 14.3. The Morgan fingerprint density at radius 2 is 1.91 bits per heavy atom. The molecular formula is C41H59ClN4O6S. The Morgan fingerprint density at radius 3 is 2.70 bits per heavy atom. The van der Waals surface area contributed by atoms with Crippen molar-refractivity contribution in [2.24, 2.45) is 35.0 Å². The topological polar surface area (TPSA) is 101 Å². The molecule has 6 aliphatic rings. The normalized spacial score (nSPS) is 37.6. The van der Waals surface area contributed by atoms with Crippen molar-refractivity contribution in [1.82, 2.24) is 14.5 Å². The van der Waals surface area contributed by atoms with Crippen LogP contribution in [0.2, 0.25) is 0 Å².